The van der Waals surface area contributed by atoms with Crippen LogP contribution >= 0.6 is 0 Å². The van der Waals surface area contributed by atoms with E-state index >= 15 is 0 Å². The van der Waals surface area contributed by atoms with Gasteiger partial charge in [-0.1, -0.05) is 26.0 Å². The van der Waals surface area contributed by atoms with Crippen molar-refractivity contribution in [3.63, 3.8) is 0 Å². The van der Waals surface area contributed by atoms with Crippen molar-refractivity contribution in [2.75, 3.05) is 22.5 Å². The Morgan fingerprint density at radius 1 is 0.889 bits per heavy atom. The number of hydrogen-bond acceptors (Lipinski definition) is 4. The molecule has 0 atom stereocenters. The second-order valence-electron chi connectivity index (χ2n) is 6.79. The summed E-state index contributed by atoms with van der Waals surface area (Å²) in [5, 5.41) is 8.73. The molecule has 0 fully saturated rings. The predicted molar refractivity (Wildman–Crippen MR) is 109 cm³/mol. The lowest BCUT2D eigenvalue weighted by molar-refractivity contribution is -0.119. The molecule has 6 nitrogen and oxygen atoms in total. The molecule has 0 aliphatic carbocycles. The Morgan fingerprint density at radius 3 is 2.07 bits per heavy atom. The number of hydrogen-bond donors (Lipinski definition) is 3. The number of carbonyl (C=O) groups is 2. The van der Waals surface area contributed by atoms with Crippen molar-refractivity contribution in [1.29, 1.82) is 0 Å². The molecule has 0 aromatic heterocycles. The molecular weight excluding hydrogens is 342 g/mol. The molecule has 27 heavy (non-hydrogen) atoms. The van der Waals surface area contributed by atoms with Crippen molar-refractivity contribution in [3.8, 4) is 5.75 Å². The molecule has 0 aliphatic rings. The van der Waals surface area contributed by atoms with Gasteiger partial charge in [-0.25, -0.2) is 0 Å². The molecule has 3 N–H and O–H groups in total. The molecule has 0 radical (unpaired) electrons. The summed E-state index contributed by atoms with van der Waals surface area (Å²) < 4.78 is 5.73. The highest BCUT2D eigenvalue weighted by atomic mass is 16.5. The van der Waals surface area contributed by atoms with Gasteiger partial charge in [0.1, 0.15) is 5.75 Å². The maximum absolute atomic E-state index is 12.2. The molecule has 0 bridgehead atoms. The normalized spacial score (nSPS) is 10.6. The van der Waals surface area contributed by atoms with E-state index in [2.05, 4.69) is 16.0 Å². The summed E-state index contributed by atoms with van der Waals surface area (Å²) >= 11 is 0. The van der Waals surface area contributed by atoms with Crippen molar-refractivity contribution in [2.24, 2.45) is 5.92 Å². The third-order valence-corrected chi connectivity index (χ3v) is 3.65. The molecular formula is C21H27N3O3. The second-order valence-corrected chi connectivity index (χ2v) is 6.79. The number of carbonyl (C=O) groups excluding carboxylic acids is 2. The average Bonchev–Trinajstić information content (AvgIpc) is 2.62. The van der Waals surface area contributed by atoms with Gasteiger partial charge < -0.3 is 20.7 Å². The van der Waals surface area contributed by atoms with Crippen LogP contribution in [0.1, 0.15) is 27.7 Å². The Labute approximate surface area is 160 Å². The number of anilines is 3. The second kappa shape index (κ2) is 9.62. The number of para-hydroxylation sites is 2. The van der Waals surface area contributed by atoms with E-state index in [1.54, 1.807) is 24.3 Å². The molecule has 0 saturated carbocycles. The molecule has 0 aliphatic heterocycles. The van der Waals surface area contributed by atoms with Crippen LogP contribution < -0.4 is 20.7 Å². The number of benzene rings is 2. The van der Waals surface area contributed by atoms with Crippen LogP contribution in [0.15, 0.2) is 48.5 Å². The zero-order valence-electron chi connectivity index (χ0n) is 16.2. The summed E-state index contributed by atoms with van der Waals surface area (Å²) in [7, 11) is 0. The lowest BCUT2D eigenvalue weighted by Gasteiger charge is -2.15. The molecule has 0 saturated heterocycles. The standard InChI is InChI=1S/C21H27N3O3/c1-14(2)21(26)24-17-11-9-16(10-12-17)23-20(25)13-22-18-7-5-6-8-19(18)27-15(3)4/h5-12,14-15,22H,13H2,1-4H3,(H,23,25)(H,24,26). The Balaban J connectivity index is 1.88. The van der Waals surface area contributed by atoms with Gasteiger partial charge in [0, 0.05) is 17.3 Å². The minimum absolute atomic E-state index is 0.0433. The first-order chi connectivity index (χ1) is 12.8. The molecule has 2 aromatic rings. The topological polar surface area (TPSA) is 79.5 Å². The summed E-state index contributed by atoms with van der Waals surface area (Å²) in [6, 6.07) is 14.5. The molecule has 2 aromatic carbocycles. The molecule has 6 heteroatoms. The van der Waals surface area contributed by atoms with E-state index in [0.717, 1.165) is 5.69 Å². The van der Waals surface area contributed by atoms with Crippen molar-refractivity contribution in [3.05, 3.63) is 48.5 Å². The molecule has 144 valence electrons. The summed E-state index contributed by atoms with van der Waals surface area (Å²) in [6.07, 6.45) is 0.0523. The zero-order chi connectivity index (χ0) is 19.8. The maximum atomic E-state index is 12.2. The first-order valence-electron chi connectivity index (χ1n) is 9.05. The fraction of sp³-hybridized carbons (Fsp3) is 0.333. The van der Waals surface area contributed by atoms with Crippen LogP contribution in [0.3, 0.4) is 0 Å². The Bertz CT molecular complexity index is 770. The van der Waals surface area contributed by atoms with Crippen LogP contribution in [-0.2, 0) is 9.59 Å². The first kappa shape index (κ1) is 20.3. The lowest BCUT2D eigenvalue weighted by atomic mass is 10.2. The van der Waals surface area contributed by atoms with Crippen LogP contribution in [-0.4, -0.2) is 24.5 Å². The van der Waals surface area contributed by atoms with E-state index in [-0.39, 0.29) is 30.4 Å². The fourth-order valence-corrected chi connectivity index (χ4v) is 2.27. The van der Waals surface area contributed by atoms with Crippen molar-refractivity contribution >= 4 is 28.9 Å². The largest absolute Gasteiger partial charge is 0.489 e. The van der Waals surface area contributed by atoms with Crippen molar-refractivity contribution < 1.29 is 14.3 Å². The van der Waals surface area contributed by atoms with Gasteiger partial charge in [-0.3, -0.25) is 9.59 Å². The number of ether oxygens (including phenoxy) is 1. The molecule has 2 amide bonds. The Hall–Kier alpha value is -3.02. The first-order valence-corrected chi connectivity index (χ1v) is 9.05. The van der Waals surface area contributed by atoms with Gasteiger partial charge in [0.05, 0.1) is 18.3 Å². The van der Waals surface area contributed by atoms with Crippen LogP contribution in [0.5, 0.6) is 5.75 Å². The van der Waals surface area contributed by atoms with Gasteiger partial charge in [0.25, 0.3) is 0 Å². The molecule has 0 heterocycles. The molecule has 0 unspecified atom stereocenters. The average molecular weight is 369 g/mol. The summed E-state index contributed by atoms with van der Waals surface area (Å²) in [5.41, 5.74) is 2.13. The smallest absolute Gasteiger partial charge is 0.243 e. The van der Waals surface area contributed by atoms with Crippen LogP contribution in [0, 0.1) is 5.92 Å². The lowest BCUT2D eigenvalue weighted by Crippen LogP contribution is -2.22. The van der Waals surface area contributed by atoms with Crippen molar-refractivity contribution in [2.45, 2.75) is 33.8 Å². The highest BCUT2D eigenvalue weighted by molar-refractivity contribution is 5.95. The molecule has 0 spiro atoms. The number of rotatable bonds is 8. The quantitative estimate of drug-likeness (QED) is 0.654. The van der Waals surface area contributed by atoms with E-state index in [4.69, 9.17) is 4.74 Å². The Morgan fingerprint density at radius 2 is 1.48 bits per heavy atom. The monoisotopic (exact) mass is 369 g/mol. The van der Waals surface area contributed by atoms with Crippen LogP contribution in [0.25, 0.3) is 0 Å². The Kier molecular flexibility index (Phi) is 7.23. The zero-order valence-corrected chi connectivity index (χ0v) is 16.2. The van der Waals surface area contributed by atoms with Gasteiger partial charge in [0.2, 0.25) is 11.8 Å². The summed E-state index contributed by atoms with van der Waals surface area (Å²) in [4.78, 5) is 23.9. The van der Waals surface area contributed by atoms with Gasteiger partial charge in [-0.2, -0.15) is 0 Å². The highest BCUT2D eigenvalue weighted by Gasteiger charge is 2.09. The van der Waals surface area contributed by atoms with E-state index in [1.165, 1.54) is 0 Å². The van der Waals surface area contributed by atoms with Crippen LogP contribution in [0.4, 0.5) is 17.1 Å². The van der Waals surface area contributed by atoms with Crippen LogP contribution in [0.2, 0.25) is 0 Å². The minimum Gasteiger partial charge on any atom is -0.489 e. The van der Waals surface area contributed by atoms with E-state index in [9.17, 15) is 9.59 Å². The molecule has 2 rings (SSSR count). The van der Waals surface area contributed by atoms with Crippen molar-refractivity contribution in [1.82, 2.24) is 0 Å². The summed E-state index contributed by atoms with van der Waals surface area (Å²) in [6.45, 7) is 7.69. The SMILES string of the molecule is CC(C)Oc1ccccc1NCC(=O)Nc1ccc(NC(=O)C(C)C)cc1. The third-order valence-electron chi connectivity index (χ3n) is 3.65. The third kappa shape index (κ3) is 6.66. The van der Waals surface area contributed by atoms with Gasteiger partial charge in [-0.15, -0.1) is 0 Å². The van der Waals surface area contributed by atoms with E-state index in [1.807, 2.05) is 52.0 Å². The highest BCUT2D eigenvalue weighted by Crippen LogP contribution is 2.24. The number of nitrogens with one attached hydrogen (secondary N) is 3. The van der Waals surface area contributed by atoms with E-state index < -0.39 is 0 Å². The summed E-state index contributed by atoms with van der Waals surface area (Å²) in [5.74, 6) is 0.412. The number of amides is 2. The van der Waals surface area contributed by atoms with Gasteiger partial charge in [0.15, 0.2) is 0 Å². The predicted octanol–water partition coefficient (Wildman–Crippen LogP) is 4.12. The van der Waals surface area contributed by atoms with Gasteiger partial charge >= 0.3 is 0 Å². The maximum Gasteiger partial charge on any atom is 0.243 e. The fourth-order valence-electron chi connectivity index (χ4n) is 2.27. The van der Waals surface area contributed by atoms with Gasteiger partial charge in [-0.05, 0) is 50.2 Å². The van der Waals surface area contributed by atoms with E-state index in [0.29, 0.717) is 17.1 Å². The minimum atomic E-state index is -0.173.